The van der Waals surface area contributed by atoms with Crippen LogP contribution in [0.3, 0.4) is 0 Å². The Labute approximate surface area is 205 Å². The van der Waals surface area contributed by atoms with E-state index in [9.17, 15) is 26.3 Å². The van der Waals surface area contributed by atoms with Crippen LogP contribution in [-0.4, -0.2) is 38.5 Å². The molecule has 1 saturated carbocycles. The van der Waals surface area contributed by atoms with Crippen molar-refractivity contribution in [2.45, 2.75) is 39.0 Å². The first kappa shape index (κ1) is 24.8. The summed E-state index contributed by atoms with van der Waals surface area (Å²) in [6.07, 6.45) is -2.67. The number of fused-ring (bicyclic) bond motifs is 3. The molecule has 0 unspecified atom stereocenters. The summed E-state index contributed by atoms with van der Waals surface area (Å²) in [5, 5.41) is 7.27. The maximum absolute atomic E-state index is 15.1. The fraction of sp³-hybridized carbons (Fsp3) is 0.320. The second-order valence-corrected chi connectivity index (χ2v) is 8.99. The van der Waals surface area contributed by atoms with Gasteiger partial charge in [0.15, 0.2) is 11.6 Å². The standard InChI is InChI=1S/C25H18F7N5/c1-13-34-35-23-33-22(20-18(37(13)23)4-3-17(27)21(20)30)36(12-19(28)29)16-10-14(9-15(26)11-16)5-6-25(7-8-25)24(2,31)32/h3-4,9-11,19H,7-8,12H2,1-2H3. The Morgan fingerprint density at radius 2 is 1.84 bits per heavy atom. The molecule has 1 fully saturated rings. The van der Waals surface area contributed by atoms with Crippen molar-refractivity contribution >= 4 is 28.2 Å². The van der Waals surface area contributed by atoms with Crippen molar-refractivity contribution in [3.05, 3.63) is 59.2 Å². The van der Waals surface area contributed by atoms with Crippen LogP contribution in [0.25, 0.3) is 16.7 Å². The maximum Gasteiger partial charge on any atom is 0.261 e. The highest BCUT2D eigenvalue weighted by Crippen LogP contribution is 2.56. The molecule has 2 heterocycles. The second-order valence-electron chi connectivity index (χ2n) is 8.99. The SMILES string of the molecule is Cc1nnc2nc(N(CC(F)F)c3cc(F)cc(C#CC4(C(C)(F)F)CC4)c3)c3c(F)c(F)ccc3n12. The Morgan fingerprint density at radius 3 is 2.49 bits per heavy atom. The Morgan fingerprint density at radius 1 is 1.11 bits per heavy atom. The summed E-state index contributed by atoms with van der Waals surface area (Å²) >= 11 is 0. The molecule has 0 radical (unpaired) electrons. The Kier molecular flexibility index (Phi) is 5.77. The first-order chi connectivity index (χ1) is 17.4. The summed E-state index contributed by atoms with van der Waals surface area (Å²) in [5.74, 6) is -1.81. The molecule has 0 aliphatic heterocycles. The van der Waals surface area contributed by atoms with Gasteiger partial charge in [-0.05, 0) is 50.1 Å². The number of halogens is 7. The van der Waals surface area contributed by atoms with Gasteiger partial charge in [0.2, 0.25) is 0 Å². The van der Waals surface area contributed by atoms with Crippen LogP contribution in [0.4, 0.5) is 42.2 Å². The third-order valence-corrected chi connectivity index (χ3v) is 6.36. The van der Waals surface area contributed by atoms with Crippen molar-refractivity contribution in [1.29, 1.82) is 0 Å². The molecule has 192 valence electrons. The van der Waals surface area contributed by atoms with Gasteiger partial charge in [0, 0.05) is 18.2 Å². The molecular formula is C25H18F7N5. The van der Waals surface area contributed by atoms with E-state index < -0.39 is 53.0 Å². The van der Waals surface area contributed by atoms with E-state index in [0.717, 1.165) is 30.0 Å². The van der Waals surface area contributed by atoms with Gasteiger partial charge in [-0.15, -0.1) is 10.2 Å². The number of aryl methyl sites for hydroxylation is 1. The third-order valence-electron chi connectivity index (χ3n) is 6.36. The molecule has 0 N–H and O–H groups in total. The van der Waals surface area contributed by atoms with Gasteiger partial charge in [-0.25, -0.2) is 30.7 Å². The van der Waals surface area contributed by atoms with Gasteiger partial charge < -0.3 is 4.90 Å². The quantitative estimate of drug-likeness (QED) is 0.232. The summed E-state index contributed by atoms with van der Waals surface area (Å²) in [4.78, 5) is 4.98. The van der Waals surface area contributed by atoms with Crippen LogP contribution in [0.1, 0.15) is 31.2 Å². The van der Waals surface area contributed by atoms with E-state index in [-0.39, 0.29) is 41.2 Å². The number of anilines is 2. The molecule has 1 aliphatic carbocycles. The first-order valence-corrected chi connectivity index (χ1v) is 11.2. The molecule has 4 aromatic rings. The number of aromatic nitrogens is 4. The molecule has 2 aromatic carbocycles. The fourth-order valence-corrected chi connectivity index (χ4v) is 4.24. The van der Waals surface area contributed by atoms with Crippen molar-refractivity contribution in [3.8, 4) is 11.8 Å². The van der Waals surface area contributed by atoms with Gasteiger partial charge in [-0.2, -0.15) is 4.98 Å². The summed E-state index contributed by atoms with van der Waals surface area (Å²) in [6, 6.07) is 5.15. The van der Waals surface area contributed by atoms with Crippen LogP contribution in [0.15, 0.2) is 30.3 Å². The molecule has 12 heteroatoms. The summed E-state index contributed by atoms with van der Waals surface area (Å²) in [5.41, 5.74) is -1.74. The topological polar surface area (TPSA) is 46.3 Å². The molecule has 2 aromatic heterocycles. The molecule has 37 heavy (non-hydrogen) atoms. The number of rotatable bonds is 5. The minimum absolute atomic E-state index is 0.0536. The smallest absolute Gasteiger partial charge is 0.261 e. The van der Waals surface area contributed by atoms with Crippen LogP contribution in [0, 0.1) is 41.6 Å². The van der Waals surface area contributed by atoms with Gasteiger partial charge in [-0.3, -0.25) is 4.40 Å². The number of hydrogen-bond acceptors (Lipinski definition) is 4. The average Bonchev–Trinajstić information content (AvgIpc) is 3.54. The maximum atomic E-state index is 15.1. The Hall–Kier alpha value is -3.88. The van der Waals surface area contributed by atoms with Gasteiger partial charge >= 0.3 is 0 Å². The summed E-state index contributed by atoms with van der Waals surface area (Å²) in [6.45, 7) is 1.22. The van der Waals surface area contributed by atoms with E-state index in [2.05, 4.69) is 27.0 Å². The summed E-state index contributed by atoms with van der Waals surface area (Å²) in [7, 11) is 0. The number of nitrogens with zero attached hydrogens (tertiary/aromatic N) is 5. The number of alkyl halides is 4. The number of benzene rings is 2. The molecule has 0 atom stereocenters. The molecule has 0 amide bonds. The van der Waals surface area contributed by atoms with E-state index in [0.29, 0.717) is 0 Å². The van der Waals surface area contributed by atoms with Crippen molar-refractivity contribution in [2.24, 2.45) is 5.41 Å². The molecule has 0 saturated heterocycles. The van der Waals surface area contributed by atoms with Crippen LogP contribution >= 0.6 is 0 Å². The second kappa shape index (κ2) is 8.61. The third kappa shape index (κ3) is 4.32. The van der Waals surface area contributed by atoms with Gasteiger partial charge in [-0.1, -0.05) is 11.8 Å². The van der Waals surface area contributed by atoms with Gasteiger partial charge in [0.25, 0.3) is 18.1 Å². The van der Waals surface area contributed by atoms with E-state index in [1.807, 2.05) is 0 Å². The lowest BCUT2D eigenvalue weighted by molar-refractivity contribution is -0.0294. The normalized spacial score (nSPS) is 14.8. The molecule has 5 rings (SSSR count). The lowest BCUT2D eigenvalue weighted by atomic mass is 9.99. The predicted octanol–water partition coefficient (Wildman–Crippen LogP) is 6.19. The van der Waals surface area contributed by atoms with E-state index in [4.69, 9.17) is 0 Å². The van der Waals surface area contributed by atoms with E-state index in [1.165, 1.54) is 16.5 Å². The molecule has 0 spiro atoms. The van der Waals surface area contributed by atoms with Gasteiger partial charge in [0.05, 0.1) is 22.9 Å². The molecular weight excluding hydrogens is 503 g/mol. The zero-order valence-corrected chi connectivity index (χ0v) is 19.5. The minimum Gasteiger partial charge on any atom is -0.320 e. The lowest BCUT2D eigenvalue weighted by Gasteiger charge is -2.25. The first-order valence-electron chi connectivity index (χ1n) is 11.2. The minimum atomic E-state index is -3.08. The Bertz CT molecular complexity index is 1590. The van der Waals surface area contributed by atoms with Crippen LogP contribution in [0.2, 0.25) is 0 Å². The van der Waals surface area contributed by atoms with Gasteiger partial charge in [0.1, 0.15) is 17.5 Å². The molecule has 5 nitrogen and oxygen atoms in total. The van der Waals surface area contributed by atoms with Crippen molar-refractivity contribution < 1.29 is 30.7 Å². The van der Waals surface area contributed by atoms with Crippen LogP contribution < -0.4 is 4.90 Å². The highest BCUT2D eigenvalue weighted by molar-refractivity contribution is 5.94. The largest absolute Gasteiger partial charge is 0.320 e. The van der Waals surface area contributed by atoms with Crippen molar-refractivity contribution in [1.82, 2.24) is 19.6 Å². The highest BCUT2D eigenvalue weighted by atomic mass is 19.3. The van der Waals surface area contributed by atoms with Crippen LogP contribution in [-0.2, 0) is 0 Å². The van der Waals surface area contributed by atoms with E-state index in [1.54, 1.807) is 6.92 Å². The molecule has 1 aliphatic rings. The molecule has 0 bridgehead atoms. The summed E-state index contributed by atoms with van der Waals surface area (Å²) < 4.78 is 101. The monoisotopic (exact) mass is 521 g/mol. The van der Waals surface area contributed by atoms with Crippen molar-refractivity contribution in [3.63, 3.8) is 0 Å². The lowest BCUT2D eigenvalue weighted by Crippen LogP contribution is -2.26. The van der Waals surface area contributed by atoms with Crippen molar-refractivity contribution in [2.75, 3.05) is 11.4 Å². The fourth-order valence-electron chi connectivity index (χ4n) is 4.24. The van der Waals surface area contributed by atoms with E-state index >= 15 is 4.39 Å². The predicted molar refractivity (Wildman–Crippen MR) is 122 cm³/mol. The highest BCUT2D eigenvalue weighted by Gasteiger charge is 2.58. The van der Waals surface area contributed by atoms with Crippen LogP contribution in [0.5, 0.6) is 0 Å². The zero-order chi connectivity index (χ0) is 26.7. The Balaban J connectivity index is 1.72. The number of hydrogen-bond donors (Lipinski definition) is 0. The zero-order valence-electron chi connectivity index (χ0n) is 19.5. The average molecular weight is 521 g/mol.